The van der Waals surface area contributed by atoms with Gasteiger partial charge in [-0.3, -0.25) is 0 Å². The fraction of sp³-hybridized carbons (Fsp3) is 0.500. The summed E-state index contributed by atoms with van der Waals surface area (Å²) in [6, 6.07) is 14.9. The first-order chi connectivity index (χ1) is 12.4. The van der Waals surface area contributed by atoms with Crippen molar-refractivity contribution in [3.63, 3.8) is 0 Å². The number of hydrogen-bond acceptors (Lipinski definition) is 3. The number of carbonyl (C=O) groups excluding carboxylic acids is 1. The van der Waals surface area contributed by atoms with Gasteiger partial charge in [-0.1, -0.05) is 43.3 Å². The highest BCUT2D eigenvalue weighted by Crippen LogP contribution is 2.35. The third-order valence-corrected chi connectivity index (χ3v) is 4.59. The minimum absolute atomic E-state index is 0.0123. The Morgan fingerprint density at radius 3 is 2.50 bits per heavy atom. The first-order valence-electron chi connectivity index (χ1n) is 9.45. The molecular weight excluding hydrogens is 326 g/mol. The van der Waals surface area contributed by atoms with E-state index in [1.54, 1.807) is 4.90 Å². The summed E-state index contributed by atoms with van der Waals surface area (Å²) in [5.41, 5.74) is 0.726. The number of nitrogens with zero attached hydrogens (tertiary/aromatic N) is 1. The van der Waals surface area contributed by atoms with Gasteiger partial charge in [0.25, 0.3) is 0 Å². The lowest BCUT2D eigenvalue weighted by molar-refractivity contribution is -0.0592. The number of hydrogen-bond donors (Lipinski definition) is 0. The van der Waals surface area contributed by atoms with E-state index in [4.69, 9.17) is 9.47 Å². The summed E-state index contributed by atoms with van der Waals surface area (Å²) in [5.74, 6) is 0.301. The zero-order valence-corrected chi connectivity index (χ0v) is 16.2. The van der Waals surface area contributed by atoms with Crippen molar-refractivity contribution in [2.75, 3.05) is 19.7 Å². The smallest absolute Gasteiger partial charge is 0.410 e. The van der Waals surface area contributed by atoms with Gasteiger partial charge < -0.3 is 14.4 Å². The Morgan fingerprint density at radius 2 is 1.85 bits per heavy atom. The van der Waals surface area contributed by atoms with Gasteiger partial charge in [-0.15, -0.1) is 0 Å². The summed E-state index contributed by atoms with van der Waals surface area (Å²) >= 11 is 0. The molecule has 0 radical (unpaired) electrons. The zero-order valence-electron chi connectivity index (χ0n) is 16.2. The molecule has 1 unspecified atom stereocenters. The second kappa shape index (κ2) is 7.67. The fourth-order valence-corrected chi connectivity index (χ4v) is 3.31. The number of fused-ring (bicyclic) bond motifs is 1. The molecule has 2 aromatic carbocycles. The normalized spacial score (nSPS) is 16.4. The second-order valence-electron chi connectivity index (χ2n) is 8.04. The van der Waals surface area contributed by atoms with E-state index in [2.05, 4.69) is 49.4 Å². The summed E-state index contributed by atoms with van der Waals surface area (Å²) < 4.78 is 11.6. The number of rotatable bonds is 5. The molecule has 0 saturated carbocycles. The van der Waals surface area contributed by atoms with Gasteiger partial charge in [0.1, 0.15) is 5.60 Å². The van der Waals surface area contributed by atoms with Crippen molar-refractivity contribution >= 4 is 16.9 Å². The lowest BCUT2D eigenvalue weighted by Gasteiger charge is -2.43. The number of ether oxygens (including phenoxy) is 2. The van der Waals surface area contributed by atoms with Crippen LogP contribution >= 0.6 is 0 Å². The Hall–Kier alpha value is -2.07. The number of likely N-dealkylation sites (tertiary alicyclic amines) is 1. The van der Waals surface area contributed by atoms with Crippen LogP contribution in [0, 0.1) is 5.92 Å². The molecule has 4 nitrogen and oxygen atoms in total. The van der Waals surface area contributed by atoms with E-state index in [9.17, 15) is 4.79 Å². The number of carbonyl (C=O) groups is 1. The third-order valence-electron chi connectivity index (χ3n) is 4.59. The molecule has 0 aromatic heterocycles. The van der Waals surface area contributed by atoms with Gasteiger partial charge in [0.15, 0.2) is 0 Å². The predicted molar refractivity (Wildman–Crippen MR) is 104 cm³/mol. The van der Waals surface area contributed by atoms with Gasteiger partial charge >= 0.3 is 6.09 Å². The summed E-state index contributed by atoms with van der Waals surface area (Å²) in [6.45, 7) is 9.87. The van der Waals surface area contributed by atoms with Crippen molar-refractivity contribution in [1.82, 2.24) is 4.90 Å². The monoisotopic (exact) mass is 355 g/mol. The SMILES string of the molecule is CCCOC(c1ccc2ccccc2c1)C1CN(C(=O)OC(C)(C)C)C1. The molecule has 1 amide bonds. The van der Waals surface area contributed by atoms with E-state index in [1.165, 1.54) is 16.3 Å². The quantitative estimate of drug-likeness (QED) is 0.742. The van der Waals surface area contributed by atoms with Gasteiger partial charge in [0.2, 0.25) is 0 Å². The Morgan fingerprint density at radius 1 is 1.15 bits per heavy atom. The fourth-order valence-electron chi connectivity index (χ4n) is 3.31. The van der Waals surface area contributed by atoms with Gasteiger partial charge in [-0.25, -0.2) is 4.79 Å². The highest BCUT2D eigenvalue weighted by atomic mass is 16.6. The first kappa shape index (κ1) is 18.7. The van der Waals surface area contributed by atoms with E-state index in [0.29, 0.717) is 19.0 Å². The van der Waals surface area contributed by atoms with Crippen LogP contribution in [0.2, 0.25) is 0 Å². The minimum Gasteiger partial charge on any atom is -0.444 e. The molecule has 26 heavy (non-hydrogen) atoms. The second-order valence-corrected chi connectivity index (χ2v) is 8.04. The highest BCUT2D eigenvalue weighted by molar-refractivity contribution is 5.83. The molecule has 1 heterocycles. The van der Waals surface area contributed by atoms with Crippen LogP contribution in [-0.4, -0.2) is 36.3 Å². The Kier molecular flexibility index (Phi) is 5.52. The molecule has 140 valence electrons. The largest absolute Gasteiger partial charge is 0.444 e. The topological polar surface area (TPSA) is 38.8 Å². The van der Waals surface area contributed by atoms with Gasteiger partial charge in [-0.2, -0.15) is 0 Å². The van der Waals surface area contributed by atoms with Crippen LogP contribution < -0.4 is 0 Å². The van der Waals surface area contributed by atoms with Crippen LogP contribution in [0.4, 0.5) is 4.79 Å². The molecule has 0 N–H and O–H groups in total. The molecule has 1 aliphatic rings. The van der Waals surface area contributed by atoms with E-state index in [0.717, 1.165) is 13.0 Å². The lowest BCUT2D eigenvalue weighted by atomic mass is 9.88. The van der Waals surface area contributed by atoms with Crippen LogP contribution in [0.15, 0.2) is 42.5 Å². The summed E-state index contributed by atoms with van der Waals surface area (Å²) in [4.78, 5) is 14.0. The Bertz CT molecular complexity index is 759. The molecule has 0 spiro atoms. The average Bonchev–Trinajstić information content (AvgIpc) is 2.54. The van der Waals surface area contributed by atoms with Crippen LogP contribution in [-0.2, 0) is 9.47 Å². The molecule has 1 atom stereocenters. The lowest BCUT2D eigenvalue weighted by Crippen LogP contribution is -2.53. The van der Waals surface area contributed by atoms with E-state index in [1.807, 2.05) is 20.8 Å². The van der Waals surface area contributed by atoms with Crippen LogP contribution in [0.25, 0.3) is 10.8 Å². The molecule has 2 aromatic rings. The number of amides is 1. The Balaban J connectivity index is 1.72. The molecule has 1 aliphatic heterocycles. The maximum absolute atomic E-state index is 12.2. The first-order valence-corrected chi connectivity index (χ1v) is 9.45. The van der Waals surface area contributed by atoms with E-state index in [-0.39, 0.29) is 12.2 Å². The van der Waals surface area contributed by atoms with Gasteiger partial charge in [0.05, 0.1) is 6.10 Å². The third kappa shape index (κ3) is 4.36. The molecule has 0 bridgehead atoms. The van der Waals surface area contributed by atoms with Crippen molar-refractivity contribution in [1.29, 1.82) is 0 Å². The molecule has 3 rings (SSSR count). The maximum atomic E-state index is 12.2. The molecule has 4 heteroatoms. The zero-order chi connectivity index (χ0) is 18.7. The maximum Gasteiger partial charge on any atom is 0.410 e. The predicted octanol–water partition coefficient (Wildman–Crippen LogP) is 5.17. The molecule has 1 saturated heterocycles. The van der Waals surface area contributed by atoms with Crippen molar-refractivity contribution in [3.05, 3.63) is 48.0 Å². The number of benzene rings is 2. The van der Waals surface area contributed by atoms with Gasteiger partial charge in [-0.05, 0) is 49.6 Å². The summed E-state index contributed by atoms with van der Waals surface area (Å²) in [6.07, 6.45) is 0.756. The van der Waals surface area contributed by atoms with Crippen LogP contribution in [0.3, 0.4) is 0 Å². The molecule has 1 fully saturated rings. The molecule has 0 aliphatic carbocycles. The minimum atomic E-state index is -0.460. The summed E-state index contributed by atoms with van der Waals surface area (Å²) in [7, 11) is 0. The molecular formula is C22H29NO3. The van der Waals surface area contributed by atoms with Crippen molar-refractivity contribution in [3.8, 4) is 0 Å². The van der Waals surface area contributed by atoms with Crippen molar-refractivity contribution in [2.45, 2.75) is 45.8 Å². The van der Waals surface area contributed by atoms with Crippen LogP contribution in [0.1, 0.15) is 45.8 Å². The van der Waals surface area contributed by atoms with Crippen LogP contribution in [0.5, 0.6) is 0 Å². The summed E-state index contributed by atoms with van der Waals surface area (Å²) in [5, 5.41) is 2.45. The van der Waals surface area contributed by atoms with Gasteiger partial charge in [0, 0.05) is 25.6 Å². The standard InChI is InChI=1S/C22H29NO3/c1-5-12-25-20(18-11-10-16-8-6-7-9-17(16)13-18)19-14-23(15-19)21(24)26-22(2,3)4/h6-11,13,19-20H,5,12,14-15H2,1-4H3. The van der Waals surface area contributed by atoms with Crippen molar-refractivity contribution in [2.24, 2.45) is 5.92 Å². The average molecular weight is 355 g/mol. The van der Waals surface area contributed by atoms with Crippen molar-refractivity contribution < 1.29 is 14.3 Å². The highest BCUT2D eigenvalue weighted by Gasteiger charge is 2.39. The van der Waals surface area contributed by atoms with E-state index < -0.39 is 5.60 Å². The Labute approximate surface area is 156 Å². The van der Waals surface area contributed by atoms with E-state index >= 15 is 0 Å².